The molecular weight excluding hydrogens is 468 g/mol. The third-order valence-electron chi connectivity index (χ3n) is 5.34. The molecule has 0 fully saturated rings. The van der Waals surface area contributed by atoms with Gasteiger partial charge in [-0.25, -0.2) is 4.79 Å². The molecule has 0 radical (unpaired) electrons. The number of fused-ring (bicyclic) bond motifs is 1. The summed E-state index contributed by atoms with van der Waals surface area (Å²) >= 11 is 5.86. The van der Waals surface area contributed by atoms with Gasteiger partial charge in [-0.05, 0) is 66.4 Å². The maximum atomic E-state index is 12.9. The summed E-state index contributed by atoms with van der Waals surface area (Å²) in [5, 5.41) is 0.872. The van der Waals surface area contributed by atoms with E-state index in [1.165, 1.54) is 24.5 Å². The highest BCUT2D eigenvalue weighted by Crippen LogP contribution is 2.28. The first kappa shape index (κ1) is 24.4. The number of carbonyl (C=O) groups excluding carboxylic acids is 1. The normalized spacial score (nSPS) is 12.3. The summed E-state index contributed by atoms with van der Waals surface area (Å²) in [4.78, 5) is 25.4. The van der Waals surface area contributed by atoms with Crippen molar-refractivity contribution in [1.29, 1.82) is 0 Å². The van der Waals surface area contributed by atoms with E-state index < -0.39 is 12.1 Å². The lowest BCUT2D eigenvalue weighted by molar-refractivity contribution is -0.141. The van der Waals surface area contributed by atoms with Gasteiger partial charge in [-0.15, -0.1) is 0 Å². The van der Waals surface area contributed by atoms with Crippen molar-refractivity contribution in [2.45, 2.75) is 39.2 Å². The highest BCUT2D eigenvalue weighted by Gasteiger charge is 2.19. The molecule has 0 saturated heterocycles. The van der Waals surface area contributed by atoms with Gasteiger partial charge in [0.15, 0.2) is 6.10 Å². The van der Waals surface area contributed by atoms with E-state index in [0.717, 1.165) is 5.56 Å². The summed E-state index contributed by atoms with van der Waals surface area (Å²) in [7, 11) is 0. The van der Waals surface area contributed by atoms with Crippen molar-refractivity contribution in [1.82, 2.24) is 0 Å². The Bertz CT molecular complexity index is 1400. The number of esters is 1. The Hall–Kier alpha value is -3.77. The molecule has 7 heteroatoms. The second-order valence-electron chi connectivity index (χ2n) is 9.10. The average molecular weight is 493 g/mol. The van der Waals surface area contributed by atoms with Crippen molar-refractivity contribution >= 4 is 28.5 Å². The van der Waals surface area contributed by atoms with Crippen LogP contribution in [0.5, 0.6) is 23.0 Å². The Labute approximate surface area is 208 Å². The molecule has 0 aliphatic carbocycles. The molecule has 0 spiro atoms. The molecule has 1 aromatic heterocycles. The molecular formula is C28H25ClO6. The van der Waals surface area contributed by atoms with Gasteiger partial charge in [0, 0.05) is 11.1 Å². The number of carbonyl (C=O) groups is 1. The van der Waals surface area contributed by atoms with Crippen LogP contribution in [0.2, 0.25) is 5.02 Å². The van der Waals surface area contributed by atoms with Gasteiger partial charge in [0.25, 0.3) is 0 Å². The third-order valence-corrected chi connectivity index (χ3v) is 5.59. The zero-order valence-electron chi connectivity index (χ0n) is 19.8. The molecule has 0 amide bonds. The predicted octanol–water partition coefficient (Wildman–Crippen LogP) is 6.91. The molecule has 1 heterocycles. The first-order chi connectivity index (χ1) is 16.6. The van der Waals surface area contributed by atoms with Gasteiger partial charge in [-0.1, -0.05) is 44.5 Å². The van der Waals surface area contributed by atoms with Crippen molar-refractivity contribution in [3.8, 4) is 23.0 Å². The Morgan fingerprint density at radius 2 is 1.54 bits per heavy atom. The van der Waals surface area contributed by atoms with E-state index in [-0.39, 0.29) is 27.9 Å². The molecule has 1 unspecified atom stereocenters. The topological polar surface area (TPSA) is 75.0 Å². The summed E-state index contributed by atoms with van der Waals surface area (Å²) in [6.07, 6.45) is 0.388. The molecule has 0 saturated carbocycles. The Balaban J connectivity index is 1.47. The van der Waals surface area contributed by atoms with Crippen molar-refractivity contribution in [2.24, 2.45) is 0 Å². The van der Waals surface area contributed by atoms with Crippen molar-refractivity contribution in [3.05, 3.63) is 93.8 Å². The number of benzene rings is 3. The fraction of sp³-hybridized carbons (Fsp3) is 0.214. The summed E-state index contributed by atoms with van der Waals surface area (Å²) in [6, 6.07) is 18.8. The fourth-order valence-electron chi connectivity index (χ4n) is 3.34. The van der Waals surface area contributed by atoms with Crippen LogP contribution in [0.3, 0.4) is 0 Å². The first-order valence-corrected chi connectivity index (χ1v) is 11.5. The summed E-state index contributed by atoms with van der Waals surface area (Å²) < 4.78 is 22.3. The van der Waals surface area contributed by atoms with Crippen LogP contribution in [0, 0.1) is 0 Å². The second kappa shape index (κ2) is 9.84. The van der Waals surface area contributed by atoms with E-state index in [1.807, 2.05) is 24.3 Å². The Morgan fingerprint density at radius 3 is 2.20 bits per heavy atom. The molecule has 1 atom stereocenters. The number of hydrogen-bond donors (Lipinski definition) is 0. The van der Waals surface area contributed by atoms with Crippen molar-refractivity contribution in [3.63, 3.8) is 0 Å². The van der Waals surface area contributed by atoms with Crippen LogP contribution in [-0.2, 0) is 10.2 Å². The van der Waals surface area contributed by atoms with E-state index in [4.69, 9.17) is 30.2 Å². The largest absolute Gasteiger partial charge is 0.479 e. The van der Waals surface area contributed by atoms with Gasteiger partial charge in [0.1, 0.15) is 29.1 Å². The van der Waals surface area contributed by atoms with Gasteiger partial charge in [-0.3, -0.25) is 4.79 Å². The van der Waals surface area contributed by atoms with Crippen LogP contribution >= 0.6 is 11.6 Å². The minimum Gasteiger partial charge on any atom is -0.479 e. The zero-order valence-corrected chi connectivity index (χ0v) is 20.6. The molecule has 3 aromatic carbocycles. The molecule has 0 aliphatic heterocycles. The number of ether oxygens (including phenoxy) is 3. The third kappa shape index (κ3) is 5.84. The molecule has 180 valence electrons. The maximum absolute atomic E-state index is 12.9. The molecule has 6 nitrogen and oxygen atoms in total. The van der Waals surface area contributed by atoms with Crippen LogP contribution < -0.4 is 19.6 Å². The molecule has 0 N–H and O–H groups in total. The Morgan fingerprint density at radius 1 is 0.914 bits per heavy atom. The summed E-state index contributed by atoms with van der Waals surface area (Å²) in [5.74, 6) is 0.716. The standard InChI is InChI=1S/C28H25ClO6/c1-17(33-20-11-7-19(29)8-12-20)27(31)35-22-13-14-23-24(15-22)32-16-25(26(23)30)34-21-9-5-18(6-10-21)28(2,3)4/h5-17H,1-4H3. The van der Waals surface area contributed by atoms with E-state index in [9.17, 15) is 9.59 Å². The predicted molar refractivity (Wildman–Crippen MR) is 135 cm³/mol. The first-order valence-electron chi connectivity index (χ1n) is 11.1. The quantitative estimate of drug-likeness (QED) is 0.215. The van der Waals surface area contributed by atoms with Gasteiger partial charge in [-0.2, -0.15) is 0 Å². The number of rotatable bonds is 6. The molecule has 0 bridgehead atoms. The smallest absolute Gasteiger partial charge is 0.352 e. The van der Waals surface area contributed by atoms with Crippen LogP contribution in [0.25, 0.3) is 11.0 Å². The minimum absolute atomic E-state index is 0.0153. The summed E-state index contributed by atoms with van der Waals surface area (Å²) in [5.41, 5.74) is 1.11. The Kier molecular flexibility index (Phi) is 6.85. The van der Waals surface area contributed by atoms with Gasteiger partial charge in [0.05, 0.1) is 5.39 Å². The minimum atomic E-state index is -0.862. The van der Waals surface area contributed by atoms with Crippen molar-refractivity contribution in [2.75, 3.05) is 0 Å². The maximum Gasteiger partial charge on any atom is 0.352 e. The van der Waals surface area contributed by atoms with Crippen LogP contribution in [0.15, 0.2) is 82.2 Å². The van der Waals surface area contributed by atoms with Gasteiger partial charge >= 0.3 is 5.97 Å². The van der Waals surface area contributed by atoms with Crippen LogP contribution in [0.1, 0.15) is 33.3 Å². The SMILES string of the molecule is CC(Oc1ccc(Cl)cc1)C(=O)Oc1ccc2c(=O)c(Oc3ccc(C(C)(C)C)cc3)coc2c1. The van der Waals surface area contributed by atoms with Gasteiger partial charge in [0.2, 0.25) is 11.2 Å². The number of hydrogen-bond acceptors (Lipinski definition) is 6. The molecule has 4 rings (SSSR count). The molecule has 35 heavy (non-hydrogen) atoms. The lowest BCUT2D eigenvalue weighted by Gasteiger charge is -2.19. The highest BCUT2D eigenvalue weighted by atomic mass is 35.5. The van der Waals surface area contributed by atoms with E-state index in [0.29, 0.717) is 21.9 Å². The second-order valence-corrected chi connectivity index (χ2v) is 9.54. The summed E-state index contributed by atoms with van der Waals surface area (Å²) in [6.45, 7) is 7.95. The van der Waals surface area contributed by atoms with E-state index >= 15 is 0 Å². The van der Waals surface area contributed by atoms with Gasteiger partial charge < -0.3 is 18.6 Å². The number of halogens is 1. The highest BCUT2D eigenvalue weighted by molar-refractivity contribution is 6.30. The lowest BCUT2D eigenvalue weighted by atomic mass is 9.87. The van der Waals surface area contributed by atoms with E-state index in [1.54, 1.807) is 31.2 Å². The van der Waals surface area contributed by atoms with E-state index in [2.05, 4.69) is 20.8 Å². The zero-order chi connectivity index (χ0) is 25.2. The monoisotopic (exact) mass is 492 g/mol. The molecule has 4 aromatic rings. The fourth-order valence-corrected chi connectivity index (χ4v) is 3.47. The lowest BCUT2D eigenvalue weighted by Crippen LogP contribution is -2.28. The van der Waals surface area contributed by atoms with Crippen molar-refractivity contribution < 1.29 is 23.4 Å². The molecule has 0 aliphatic rings. The van der Waals surface area contributed by atoms with Crippen LogP contribution in [-0.4, -0.2) is 12.1 Å². The van der Waals surface area contributed by atoms with Crippen LogP contribution in [0.4, 0.5) is 0 Å². The average Bonchev–Trinajstić information content (AvgIpc) is 2.82.